The summed E-state index contributed by atoms with van der Waals surface area (Å²) in [6.07, 6.45) is 3.00. The molecule has 0 unspecified atom stereocenters. The third-order valence-electron chi connectivity index (χ3n) is 3.05. The molecule has 0 atom stereocenters. The van der Waals surface area contributed by atoms with Crippen LogP contribution in [0.25, 0.3) is 10.9 Å². The van der Waals surface area contributed by atoms with E-state index in [1.54, 1.807) is 36.5 Å². The number of pyridine rings is 1. The number of fused-ring (bicyclic) bond motifs is 1. The molecule has 2 heterocycles. The average Bonchev–Trinajstić information content (AvgIpc) is 2.81. The molecule has 0 spiro atoms. The normalized spacial score (nSPS) is 11.7. The zero-order valence-electron chi connectivity index (χ0n) is 11.1. The van der Waals surface area contributed by atoms with E-state index < -0.39 is 10.0 Å². The Hall–Kier alpha value is -2.05. The fourth-order valence-electron chi connectivity index (χ4n) is 2.08. The van der Waals surface area contributed by atoms with Crippen LogP contribution >= 0.6 is 11.6 Å². The van der Waals surface area contributed by atoms with Crippen LogP contribution in [0.1, 0.15) is 5.56 Å². The second kappa shape index (κ2) is 5.05. The van der Waals surface area contributed by atoms with Crippen LogP contribution in [0.3, 0.4) is 0 Å². The average molecular weight is 322 g/mol. The summed E-state index contributed by atoms with van der Waals surface area (Å²) in [6.45, 7) is 1.87. The quantitative estimate of drug-likeness (QED) is 0.777. The number of halogens is 1. The van der Waals surface area contributed by atoms with E-state index in [2.05, 4.69) is 14.7 Å². The first-order valence-electron chi connectivity index (χ1n) is 6.18. The van der Waals surface area contributed by atoms with Crippen molar-refractivity contribution >= 4 is 38.3 Å². The summed E-state index contributed by atoms with van der Waals surface area (Å²) in [5.74, 6) is 0.290. The van der Waals surface area contributed by atoms with Gasteiger partial charge in [0.1, 0.15) is 10.7 Å². The number of H-pyrrole nitrogens is 1. The molecule has 0 amide bonds. The monoisotopic (exact) mass is 321 g/mol. The predicted octanol–water partition coefficient (Wildman–Crippen LogP) is 3.33. The van der Waals surface area contributed by atoms with Crippen LogP contribution in [-0.4, -0.2) is 18.4 Å². The highest BCUT2D eigenvalue weighted by Crippen LogP contribution is 2.26. The molecule has 0 saturated carbocycles. The minimum atomic E-state index is -3.71. The number of rotatable bonds is 3. The van der Waals surface area contributed by atoms with Crippen molar-refractivity contribution in [3.63, 3.8) is 0 Å². The molecule has 0 saturated heterocycles. The van der Waals surface area contributed by atoms with Crippen LogP contribution in [-0.2, 0) is 10.0 Å². The number of hydrogen-bond donors (Lipinski definition) is 2. The van der Waals surface area contributed by atoms with Crippen molar-refractivity contribution in [2.75, 3.05) is 4.72 Å². The van der Waals surface area contributed by atoms with Gasteiger partial charge in [-0.25, -0.2) is 13.4 Å². The highest BCUT2D eigenvalue weighted by atomic mass is 35.5. The summed E-state index contributed by atoms with van der Waals surface area (Å²) in [6, 6.07) is 8.48. The Bertz CT molecular complexity index is 919. The first-order valence-corrected chi connectivity index (χ1v) is 8.04. The Morgan fingerprint density at radius 2 is 2.05 bits per heavy atom. The lowest BCUT2D eigenvalue weighted by Gasteiger charge is -2.06. The molecule has 108 valence electrons. The smallest absolute Gasteiger partial charge is 0.265 e. The summed E-state index contributed by atoms with van der Waals surface area (Å²) in [7, 11) is -3.71. The number of aryl methyl sites for hydroxylation is 1. The number of anilines is 1. The van der Waals surface area contributed by atoms with E-state index in [1.165, 1.54) is 6.20 Å². The fraction of sp³-hybridized carbons (Fsp3) is 0.0714. The van der Waals surface area contributed by atoms with Crippen molar-refractivity contribution in [2.24, 2.45) is 0 Å². The van der Waals surface area contributed by atoms with Crippen LogP contribution < -0.4 is 4.72 Å². The highest BCUT2D eigenvalue weighted by Gasteiger charge is 2.19. The van der Waals surface area contributed by atoms with Crippen molar-refractivity contribution in [3.8, 4) is 0 Å². The molecule has 1 aromatic carbocycles. The highest BCUT2D eigenvalue weighted by molar-refractivity contribution is 7.93. The maximum Gasteiger partial charge on any atom is 0.265 e. The largest absolute Gasteiger partial charge is 0.360 e. The number of nitrogens with one attached hydrogen (secondary N) is 2. The van der Waals surface area contributed by atoms with Gasteiger partial charge in [-0.05, 0) is 42.8 Å². The third kappa shape index (κ3) is 2.72. The van der Waals surface area contributed by atoms with Crippen molar-refractivity contribution in [3.05, 3.63) is 53.3 Å². The Balaban J connectivity index is 2.04. The van der Waals surface area contributed by atoms with Gasteiger partial charge in [-0.2, -0.15) is 0 Å². The maximum absolute atomic E-state index is 12.5. The van der Waals surface area contributed by atoms with Gasteiger partial charge in [0.15, 0.2) is 0 Å². The van der Waals surface area contributed by atoms with E-state index in [9.17, 15) is 8.42 Å². The van der Waals surface area contributed by atoms with Crippen LogP contribution in [0, 0.1) is 6.92 Å². The summed E-state index contributed by atoms with van der Waals surface area (Å²) >= 11 is 5.89. The molecule has 0 fully saturated rings. The van der Waals surface area contributed by atoms with Crippen LogP contribution in [0.5, 0.6) is 0 Å². The topological polar surface area (TPSA) is 74.8 Å². The lowest BCUT2D eigenvalue weighted by molar-refractivity contribution is 0.602. The Labute approximate surface area is 127 Å². The number of hydrogen-bond acceptors (Lipinski definition) is 3. The molecule has 3 rings (SSSR count). The van der Waals surface area contributed by atoms with Crippen molar-refractivity contribution in [1.29, 1.82) is 0 Å². The van der Waals surface area contributed by atoms with E-state index in [4.69, 9.17) is 11.6 Å². The van der Waals surface area contributed by atoms with Crippen molar-refractivity contribution < 1.29 is 8.42 Å². The Morgan fingerprint density at radius 3 is 2.81 bits per heavy atom. The summed E-state index contributed by atoms with van der Waals surface area (Å²) < 4.78 is 27.4. The number of aromatic amines is 1. The predicted molar refractivity (Wildman–Crippen MR) is 83.1 cm³/mol. The Kier molecular flexibility index (Phi) is 3.35. The molecule has 0 aliphatic rings. The van der Waals surface area contributed by atoms with Gasteiger partial charge in [-0.15, -0.1) is 0 Å². The number of aromatic nitrogens is 2. The molecule has 5 nitrogen and oxygen atoms in total. The molecule has 0 aliphatic heterocycles. The maximum atomic E-state index is 12.5. The van der Waals surface area contributed by atoms with Crippen molar-refractivity contribution in [2.45, 2.75) is 11.8 Å². The molecular weight excluding hydrogens is 310 g/mol. The number of sulfonamides is 1. The van der Waals surface area contributed by atoms with Crippen LogP contribution in [0.2, 0.25) is 5.02 Å². The standard InChI is InChI=1S/C14H12ClN3O2S/c1-9-4-5-16-14(6-9)18-21(19,20)13-8-17-12-7-10(15)2-3-11(12)13/h2-8,17H,1H3,(H,16,18). The molecule has 0 radical (unpaired) electrons. The van der Waals surface area contributed by atoms with Gasteiger partial charge in [0.2, 0.25) is 0 Å². The lowest BCUT2D eigenvalue weighted by Crippen LogP contribution is -2.13. The zero-order chi connectivity index (χ0) is 15.0. The summed E-state index contributed by atoms with van der Waals surface area (Å²) in [4.78, 5) is 7.08. The molecule has 0 aliphatic carbocycles. The second-order valence-corrected chi connectivity index (χ2v) is 6.75. The lowest BCUT2D eigenvalue weighted by atomic mass is 10.2. The molecule has 7 heteroatoms. The van der Waals surface area contributed by atoms with Gasteiger partial charge >= 0.3 is 0 Å². The number of nitrogens with zero attached hydrogens (tertiary/aromatic N) is 1. The summed E-state index contributed by atoms with van der Waals surface area (Å²) in [5.41, 5.74) is 1.59. The molecule has 21 heavy (non-hydrogen) atoms. The summed E-state index contributed by atoms with van der Waals surface area (Å²) in [5, 5.41) is 1.13. The van der Waals surface area contributed by atoms with E-state index in [0.29, 0.717) is 21.7 Å². The third-order valence-corrected chi connectivity index (χ3v) is 4.68. The van der Waals surface area contributed by atoms with Gasteiger partial charge in [0, 0.05) is 28.3 Å². The first kappa shape index (κ1) is 13.9. The van der Waals surface area contributed by atoms with E-state index in [0.717, 1.165) is 5.56 Å². The minimum Gasteiger partial charge on any atom is -0.360 e. The van der Waals surface area contributed by atoms with E-state index in [-0.39, 0.29) is 4.90 Å². The Morgan fingerprint density at radius 1 is 1.24 bits per heavy atom. The van der Waals surface area contributed by atoms with Gasteiger partial charge < -0.3 is 4.98 Å². The van der Waals surface area contributed by atoms with Crippen molar-refractivity contribution in [1.82, 2.24) is 9.97 Å². The van der Waals surface area contributed by atoms with E-state index in [1.807, 2.05) is 6.92 Å². The van der Waals surface area contributed by atoms with Crippen LogP contribution in [0.4, 0.5) is 5.82 Å². The zero-order valence-corrected chi connectivity index (χ0v) is 12.7. The van der Waals surface area contributed by atoms with Gasteiger partial charge in [0.05, 0.1) is 0 Å². The SMILES string of the molecule is Cc1ccnc(NS(=O)(=O)c2c[nH]c3cc(Cl)ccc23)c1. The minimum absolute atomic E-state index is 0.164. The molecular formula is C14H12ClN3O2S. The molecule has 3 aromatic rings. The van der Waals surface area contributed by atoms with Crippen LogP contribution in [0.15, 0.2) is 47.6 Å². The van der Waals surface area contributed by atoms with E-state index >= 15 is 0 Å². The molecule has 0 bridgehead atoms. The van der Waals surface area contributed by atoms with Gasteiger partial charge in [0.25, 0.3) is 10.0 Å². The fourth-order valence-corrected chi connectivity index (χ4v) is 3.43. The van der Waals surface area contributed by atoms with Gasteiger partial charge in [-0.1, -0.05) is 11.6 Å². The second-order valence-electron chi connectivity index (χ2n) is 4.67. The van der Waals surface area contributed by atoms with Gasteiger partial charge in [-0.3, -0.25) is 4.72 Å². The molecule has 2 N–H and O–H groups in total. The number of benzene rings is 1. The first-order chi connectivity index (χ1) is 9.95. The molecule has 2 aromatic heterocycles.